The Morgan fingerprint density at radius 3 is 2.40 bits per heavy atom. The highest BCUT2D eigenvalue weighted by molar-refractivity contribution is 6.83. The average molecular weight is 291 g/mol. The zero-order valence-corrected chi connectivity index (χ0v) is 15.2. The van der Waals surface area contributed by atoms with Gasteiger partial charge in [0.15, 0.2) is 0 Å². The lowest BCUT2D eigenvalue weighted by atomic mass is 9.58. The Morgan fingerprint density at radius 2 is 1.80 bits per heavy atom. The summed E-state index contributed by atoms with van der Waals surface area (Å²) in [6, 6.07) is 0. The lowest BCUT2D eigenvalue weighted by Gasteiger charge is -2.44. The van der Waals surface area contributed by atoms with E-state index in [1.165, 1.54) is 19.3 Å². The Balaban J connectivity index is 2.16. The molecule has 0 amide bonds. The SMILES string of the molecule is CC1(CCC#C[Si](C)(C)C)C(=O)C[C@]2(C)CCC[C@]12C. The molecule has 1 unspecified atom stereocenters. The molecule has 2 heteroatoms. The number of ketones is 1. The van der Waals surface area contributed by atoms with Gasteiger partial charge in [-0.15, -0.1) is 11.5 Å². The number of fused-ring (bicyclic) bond motifs is 1. The number of carbonyl (C=O) groups excluding carboxylic acids is 1. The van der Waals surface area contributed by atoms with Crippen molar-refractivity contribution in [3.63, 3.8) is 0 Å². The Morgan fingerprint density at radius 1 is 1.15 bits per heavy atom. The molecule has 2 fully saturated rings. The minimum atomic E-state index is -1.28. The summed E-state index contributed by atoms with van der Waals surface area (Å²) in [5.41, 5.74) is 3.72. The zero-order valence-electron chi connectivity index (χ0n) is 14.2. The second kappa shape index (κ2) is 4.73. The molecule has 112 valence electrons. The minimum Gasteiger partial charge on any atom is -0.299 e. The van der Waals surface area contributed by atoms with Crippen LogP contribution in [-0.2, 0) is 4.79 Å². The van der Waals surface area contributed by atoms with Crippen LogP contribution in [0.15, 0.2) is 0 Å². The van der Waals surface area contributed by atoms with Gasteiger partial charge in [-0.1, -0.05) is 46.8 Å². The summed E-state index contributed by atoms with van der Waals surface area (Å²) in [5, 5.41) is 0. The van der Waals surface area contributed by atoms with E-state index in [1.54, 1.807) is 0 Å². The van der Waals surface area contributed by atoms with Crippen molar-refractivity contribution in [2.45, 2.75) is 78.9 Å². The quantitative estimate of drug-likeness (QED) is 0.526. The van der Waals surface area contributed by atoms with Gasteiger partial charge in [0.05, 0.1) is 0 Å². The average Bonchev–Trinajstić information content (AvgIpc) is 2.66. The van der Waals surface area contributed by atoms with Crippen molar-refractivity contribution < 1.29 is 4.79 Å². The van der Waals surface area contributed by atoms with Crippen LogP contribution in [-0.4, -0.2) is 13.9 Å². The van der Waals surface area contributed by atoms with E-state index in [2.05, 4.69) is 51.9 Å². The molecule has 20 heavy (non-hydrogen) atoms. The van der Waals surface area contributed by atoms with Gasteiger partial charge in [-0.2, -0.15) is 0 Å². The van der Waals surface area contributed by atoms with Gasteiger partial charge in [0, 0.05) is 18.3 Å². The van der Waals surface area contributed by atoms with E-state index in [0.29, 0.717) is 5.78 Å². The van der Waals surface area contributed by atoms with Crippen LogP contribution in [0.1, 0.15) is 59.3 Å². The largest absolute Gasteiger partial charge is 0.299 e. The van der Waals surface area contributed by atoms with Gasteiger partial charge in [-0.3, -0.25) is 4.79 Å². The molecule has 2 aliphatic carbocycles. The first kappa shape index (κ1) is 15.8. The van der Waals surface area contributed by atoms with E-state index in [9.17, 15) is 4.79 Å². The molecule has 2 aliphatic rings. The smallest absolute Gasteiger partial charge is 0.139 e. The molecule has 0 aromatic heterocycles. The third-order valence-electron chi connectivity index (χ3n) is 6.33. The summed E-state index contributed by atoms with van der Waals surface area (Å²) in [4.78, 5) is 12.7. The van der Waals surface area contributed by atoms with E-state index in [-0.39, 0.29) is 16.2 Å². The molecule has 0 N–H and O–H groups in total. The van der Waals surface area contributed by atoms with Gasteiger partial charge >= 0.3 is 0 Å². The van der Waals surface area contributed by atoms with Crippen LogP contribution in [0.2, 0.25) is 19.6 Å². The molecule has 3 atom stereocenters. The number of carbonyl (C=O) groups is 1. The molecular formula is C18H30OSi. The van der Waals surface area contributed by atoms with Crippen LogP contribution in [0.5, 0.6) is 0 Å². The molecule has 0 aromatic carbocycles. The van der Waals surface area contributed by atoms with Crippen molar-refractivity contribution in [3.8, 4) is 11.5 Å². The van der Waals surface area contributed by atoms with Crippen LogP contribution in [0.25, 0.3) is 0 Å². The van der Waals surface area contributed by atoms with Crippen LogP contribution in [0.4, 0.5) is 0 Å². The number of rotatable bonds is 2. The molecule has 0 bridgehead atoms. The fraction of sp³-hybridized carbons (Fsp3) is 0.833. The highest BCUT2D eigenvalue weighted by Gasteiger charge is 2.66. The number of Topliss-reactive ketones (excluding diaryl/α,β-unsaturated/α-hetero) is 1. The maximum Gasteiger partial charge on any atom is 0.139 e. The summed E-state index contributed by atoms with van der Waals surface area (Å²) in [6.07, 6.45) is 6.37. The van der Waals surface area contributed by atoms with Crippen LogP contribution < -0.4 is 0 Å². The summed E-state index contributed by atoms with van der Waals surface area (Å²) < 4.78 is 0. The lowest BCUT2D eigenvalue weighted by Crippen LogP contribution is -2.41. The third kappa shape index (κ3) is 2.28. The van der Waals surface area contributed by atoms with Crippen molar-refractivity contribution >= 4 is 13.9 Å². The van der Waals surface area contributed by atoms with Crippen molar-refractivity contribution in [1.82, 2.24) is 0 Å². The lowest BCUT2D eigenvalue weighted by molar-refractivity contribution is -0.129. The number of hydrogen-bond acceptors (Lipinski definition) is 1. The van der Waals surface area contributed by atoms with Crippen molar-refractivity contribution in [1.29, 1.82) is 0 Å². The van der Waals surface area contributed by atoms with E-state index in [4.69, 9.17) is 0 Å². The van der Waals surface area contributed by atoms with Crippen LogP contribution in [0.3, 0.4) is 0 Å². The maximum atomic E-state index is 12.7. The molecule has 0 spiro atoms. The van der Waals surface area contributed by atoms with Crippen molar-refractivity contribution in [2.75, 3.05) is 0 Å². The maximum absolute atomic E-state index is 12.7. The van der Waals surface area contributed by atoms with E-state index in [0.717, 1.165) is 19.3 Å². The van der Waals surface area contributed by atoms with E-state index >= 15 is 0 Å². The number of hydrogen-bond donors (Lipinski definition) is 0. The molecule has 0 heterocycles. The van der Waals surface area contributed by atoms with Crippen molar-refractivity contribution in [3.05, 3.63) is 0 Å². The van der Waals surface area contributed by atoms with Crippen molar-refractivity contribution in [2.24, 2.45) is 16.2 Å². The summed E-state index contributed by atoms with van der Waals surface area (Å²) in [6.45, 7) is 13.8. The summed E-state index contributed by atoms with van der Waals surface area (Å²) in [5.74, 6) is 3.86. The summed E-state index contributed by atoms with van der Waals surface area (Å²) >= 11 is 0. The molecule has 0 aliphatic heterocycles. The van der Waals surface area contributed by atoms with Gasteiger partial charge in [0.2, 0.25) is 0 Å². The minimum absolute atomic E-state index is 0.146. The molecule has 0 saturated heterocycles. The van der Waals surface area contributed by atoms with Gasteiger partial charge in [-0.25, -0.2) is 0 Å². The predicted molar refractivity (Wildman–Crippen MR) is 88.2 cm³/mol. The Labute approximate surface area is 125 Å². The van der Waals surface area contributed by atoms with Crippen LogP contribution in [0, 0.1) is 27.7 Å². The fourth-order valence-corrected chi connectivity index (χ4v) is 5.20. The molecule has 2 rings (SSSR count). The first-order valence-corrected chi connectivity index (χ1v) is 11.6. The normalized spacial score (nSPS) is 40.4. The summed E-state index contributed by atoms with van der Waals surface area (Å²) in [7, 11) is -1.28. The second-order valence-electron chi connectivity index (χ2n) is 8.73. The van der Waals surface area contributed by atoms with Gasteiger partial charge in [0.1, 0.15) is 13.9 Å². The molecule has 1 nitrogen and oxygen atoms in total. The van der Waals surface area contributed by atoms with E-state index in [1.807, 2.05) is 0 Å². The molecule has 2 saturated carbocycles. The molecule has 0 radical (unpaired) electrons. The van der Waals surface area contributed by atoms with Gasteiger partial charge in [-0.05, 0) is 30.1 Å². The third-order valence-corrected chi connectivity index (χ3v) is 7.26. The first-order chi connectivity index (χ1) is 9.04. The highest BCUT2D eigenvalue weighted by atomic mass is 28.3. The monoisotopic (exact) mass is 290 g/mol. The Kier molecular flexibility index (Phi) is 3.75. The Bertz CT molecular complexity index is 478. The fourth-order valence-electron chi connectivity index (χ4n) is 4.55. The second-order valence-corrected chi connectivity index (χ2v) is 13.5. The standard InChI is InChI=1S/C18H30OSi/c1-16-10-9-12-18(16,3)17(2,15(19)14-16)11-7-8-13-20(4,5)6/h7,9-12,14H2,1-6H3/t16-,17?,18-/m0/s1. The van der Waals surface area contributed by atoms with Crippen LogP contribution >= 0.6 is 0 Å². The topological polar surface area (TPSA) is 17.1 Å². The predicted octanol–water partition coefficient (Wildman–Crippen LogP) is 4.82. The van der Waals surface area contributed by atoms with Gasteiger partial charge < -0.3 is 0 Å². The molecule has 0 aromatic rings. The zero-order chi connectivity index (χ0) is 15.2. The van der Waals surface area contributed by atoms with Gasteiger partial charge in [0.25, 0.3) is 0 Å². The van der Waals surface area contributed by atoms with E-state index < -0.39 is 8.07 Å². The first-order valence-electron chi connectivity index (χ1n) is 8.08. The Hall–Kier alpha value is -0.553. The molecular weight excluding hydrogens is 260 g/mol. The highest BCUT2D eigenvalue weighted by Crippen LogP contribution is 2.69.